The van der Waals surface area contributed by atoms with E-state index in [0.717, 1.165) is 24.0 Å². The van der Waals surface area contributed by atoms with E-state index in [0.29, 0.717) is 0 Å². The average Bonchev–Trinajstić information content (AvgIpc) is 2.57. The molecule has 0 amide bonds. The SMILES string of the molecule is CCC(C)C(=O)CN.CCCCC.CCc1cc(C)ccc1F. The normalized spacial score (nSPS) is 10.8. The van der Waals surface area contributed by atoms with Crippen LogP contribution in [0.4, 0.5) is 4.39 Å². The standard InChI is InChI=1S/C9H11F.C6H13NO.C5H12/c1-3-8-6-7(2)4-5-9(8)10;1-3-5(2)6(8)4-7;1-3-5-4-2/h4-6H,3H2,1-2H3;5H,3-4,7H2,1-2H3;3-5H2,1-2H3. The summed E-state index contributed by atoms with van der Waals surface area (Å²) in [5.74, 6) is 0.223. The molecule has 3 heteroatoms. The lowest BCUT2D eigenvalue weighted by Crippen LogP contribution is -2.20. The Morgan fingerprint density at radius 1 is 1.17 bits per heavy atom. The van der Waals surface area contributed by atoms with Crippen molar-refractivity contribution in [1.82, 2.24) is 0 Å². The monoisotopic (exact) mass is 325 g/mol. The van der Waals surface area contributed by atoms with Gasteiger partial charge in [0.05, 0.1) is 6.54 Å². The molecule has 2 nitrogen and oxygen atoms in total. The van der Waals surface area contributed by atoms with Gasteiger partial charge < -0.3 is 5.73 Å². The van der Waals surface area contributed by atoms with E-state index in [4.69, 9.17) is 5.73 Å². The predicted octanol–water partition coefficient (Wildman–Crippen LogP) is 5.45. The van der Waals surface area contributed by atoms with Crippen LogP contribution < -0.4 is 5.73 Å². The van der Waals surface area contributed by atoms with Crippen LogP contribution in [0.3, 0.4) is 0 Å². The first-order valence-electron chi connectivity index (χ1n) is 8.85. The summed E-state index contributed by atoms with van der Waals surface area (Å²) in [6, 6.07) is 5.19. The van der Waals surface area contributed by atoms with Gasteiger partial charge in [0.15, 0.2) is 0 Å². The van der Waals surface area contributed by atoms with Gasteiger partial charge in [0, 0.05) is 5.92 Å². The Kier molecular flexibility index (Phi) is 16.4. The lowest BCUT2D eigenvalue weighted by atomic mass is 10.0. The first-order chi connectivity index (χ1) is 10.9. The third-order valence-electron chi connectivity index (χ3n) is 3.65. The Hall–Kier alpha value is -1.22. The highest BCUT2D eigenvalue weighted by Gasteiger charge is 2.06. The largest absolute Gasteiger partial charge is 0.324 e. The second-order valence-corrected chi connectivity index (χ2v) is 5.78. The molecule has 2 N–H and O–H groups in total. The van der Waals surface area contributed by atoms with Crippen molar-refractivity contribution in [2.75, 3.05) is 6.54 Å². The molecular formula is C20H36FNO. The summed E-state index contributed by atoms with van der Waals surface area (Å²) in [6.07, 6.45) is 5.75. The predicted molar refractivity (Wildman–Crippen MR) is 99.2 cm³/mol. The molecule has 134 valence electrons. The lowest BCUT2D eigenvalue weighted by Gasteiger charge is -2.01. The summed E-state index contributed by atoms with van der Waals surface area (Å²) >= 11 is 0. The van der Waals surface area contributed by atoms with Crippen LogP contribution in [0.25, 0.3) is 0 Å². The Labute approximate surface area is 142 Å². The maximum Gasteiger partial charge on any atom is 0.149 e. The molecule has 0 saturated carbocycles. The van der Waals surface area contributed by atoms with Crippen LogP contribution in [-0.2, 0) is 11.2 Å². The smallest absolute Gasteiger partial charge is 0.149 e. The molecule has 1 rings (SSSR count). The van der Waals surface area contributed by atoms with Crippen molar-refractivity contribution in [2.24, 2.45) is 11.7 Å². The molecule has 1 atom stereocenters. The van der Waals surface area contributed by atoms with Crippen molar-refractivity contribution in [3.05, 3.63) is 35.1 Å². The van der Waals surface area contributed by atoms with Gasteiger partial charge in [0.1, 0.15) is 11.6 Å². The Bertz CT molecular complexity index is 416. The fourth-order valence-corrected chi connectivity index (χ4v) is 1.76. The van der Waals surface area contributed by atoms with Gasteiger partial charge in [-0.2, -0.15) is 0 Å². The summed E-state index contributed by atoms with van der Waals surface area (Å²) in [7, 11) is 0. The molecule has 0 aliphatic rings. The number of aryl methyl sites for hydroxylation is 2. The molecule has 0 spiro atoms. The average molecular weight is 326 g/mol. The van der Waals surface area contributed by atoms with Crippen LogP contribution in [0.5, 0.6) is 0 Å². The summed E-state index contributed by atoms with van der Waals surface area (Å²) in [5.41, 5.74) is 7.03. The second kappa shape index (κ2) is 15.7. The number of hydrogen-bond acceptors (Lipinski definition) is 2. The van der Waals surface area contributed by atoms with Gasteiger partial charge in [-0.1, -0.05) is 71.6 Å². The van der Waals surface area contributed by atoms with Crippen molar-refractivity contribution in [1.29, 1.82) is 0 Å². The van der Waals surface area contributed by atoms with E-state index in [9.17, 15) is 9.18 Å². The molecule has 0 heterocycles. The topological polar surface area (TPSA) is 43.1 Å². The van der Waals surface area contributed by atoms with E-state index in [1.807, 2.05) is 33.8 Å². The van der Waals surface area contributed by atoms with Gasteiger partial charge in [0.2, 0.25) is 0 Å². The maximum atomic E-state index is 12.8. The number of carbonyl (C=O) groups excluding carboxylic acids is 1. The Morgan fingerprint density at radius 3 is 2.00 bits per heavy atom. The fraction of sp³-hybridized carbons (Fsp3) is 0.650. The van der Waals surface area contributed by atoms with Gasteiger partial charge in [-0.25, -0.2) is 4.39 Å². The third-order valence-corrected chi connectivity index (χ3v) is 3.65. The highest BCUT2D eigenvalue weighted by Crippen LogP contribution is 2.09. The number of ketones is 1. The number of hydrogen-bond donors (Lipinski definition) is 1. The summed E-state index contributed by atoms with van der Waals surface area (Å²) in [4.78, 5) is 10.6. The Morgan fingerprint density at radius 2 is 1.74 bits per heavy atom. The van der Waals surface area contributed by atoms with Crippen LogP contribution in [0.1, 0.15) is 71.4 Å². The van der Waals surface area contributed by atoms with Crippen molar-refractivity contribution in [3.8, 4) is 0 Å². The molecule has 23 heavy (non-hydrogen) atoms. The van der Waals surface area contributed by atoms with Crippen molar-refractivity contribution >= 4 is 5.78 Å². The van der Waals surface area contributed by atoms with E-state index in [1.54, 1.807) is 6.07 Å². The van der Waals surface area contributed by atoms with Crippen molar-refractivity contribution in [2.45, 2.75) is 73.6 Å². The number of carbonyl (C=O) groups is 1. The van der Waals surface area contributed by atoms with E-state index in [2.05, 4.69) is 13.8 Å². The molecule has 0 aliphatic heterocycles. The molecule has 0 aromatic heterocycles. The zero-order chi connectivity index (χ0) is 18.3. The van der Waals surface area contributed by atoms with Gasteiger partial charge in [0.25, 0.3) is 0 Å². The number of unbranched alkanes of at least 4 members (excludes halogenated alkanes) is 2. The molecule has 1 aromatic rings. The van der Waals surface area contributed by atoms with Crippen molar-refractivity contribution < 1.29 is 9.18 Å². The van der Waals surface area contributed by atoms with E-state index >= 15 is 0 Å². The number of Topliss-reactive ketones (excluding diaryl/α,β-unsaturated/α-hetero) is 1. The van der Waals surface area contributed by atoms with Crippen molar-refractivity contribution in [3.63, 3.8) is 0 Å². The van der Waals surface area contributed by atoms with Gasteiger partial charge in [-0.15, -0.1) is 0 Å². The zero-order valence-corrected chi connectivity index (χ0v) is 15.9. The van der Waals surface area contributed by atoms with Gasteiger partial charge >= 0.3 is 0 Å². The Balaban J connectivity index is 0. The highest BCUT2D eigenvalue weighted by molar-refractivity contribution is 5.82. The quantitative estimate of drug-likeness (QED) is 0.755. The first kappa shape index (κ1) is 24.0. The molecular weight excluding hydrogens is 289 g/mol. The maximum absolute atomic E-state index is 12.8. The summed E-state index contributed by atoms with van der Waals surface area (Å²) in [6.45, 7) is 12.4. The number of benzene rings is 1. The molecule has 1 aromatic carbocycles. The highest BCUT2D eigenvalue weighted by atomic mass is 19.1. The third kappa shape index (κ3) is 13.0. The first-order valence-corrected chi connectivity index (χ1v) is 8.85. The minimum Gasteiger partial charge on any atom is -0.324 e. The van der Waals surface area contributed by atoms with Gasteiger partial charge in [-0.3, -0.25) is 4.79 Å². The summed E-state index contributed by atoms with van der Waals surface area (Å²) < 4.78 is 12.8. The zero-order valence-electron chi connectivity index (χ0n) is 15.9. The van der Waals surface area contributed by atoms with E-state index < -0.39 is 0 Å². The molecule has 0 radical (unpaired) electrons. The molecule has 0 saturated heterocycles. The second-order valence-electron chi connectivity index (χ2n) is 5.78. The number of nitrogens with two attached hydrogens (primary N) is 1. The number of halogens is 1. The summed E-state index contributed by atoms with van der Waals surface area (Å²) in [5, 5.41) is 0. The van der Waals surface area contributed by atoms with Crippen LogP contribution in [0.15, 0.2) is 18.2 Å². The van der Waals surface area contributed by atoms with Crippen LogP contribution in [0, 0.1) is 18.7 Å². The number of rotatable bonds is 6. The lowest BCUT2D eigenvalue weighted by molar-refractivity contribution is -0.121. The molecule has 1 unspecified atom stereocenters. The van der Waals surface area contributed by atoms with Crippen LogP contribution >= 0.6 is 0 Å². The fourth-order valence-electron chi connectivity index (χ4n) is 1.76. The minimum atomic E-state index is -0.0897. The van der Waals surface area contributed by atoms with Crippen LogP contribution in [0.2, 0.25) is 0 Å². The van der Waals surface area contributed by atoms with E-state index in [-0.39, 0.29) is 24.1 Å². The minimum absolute atomic E-state index is 0.0897. The van der Waals surface area contributed by atoms with E-state index in [1.165, 1.54) is 25.3 Å². The molecule has 0 fully saturated rings. The van der Waals surface area contributed by atoms with Gasteiger partial charge in [-0.05, 0) is 31.4 Å². The molecule has 0 aliphatic carbocycles. The van der Waals surface area contributed by atoms with Crippen LogP contribution in [-0.4, -0.2) is 12.3 Å². The molecule has 0 bridgehead atoms.